The third-order valence-corrected chi connectivity index (χ3v) is 5.54. The van der Waals surface area contributed by atoms with Crippen LogP contribution >= 0.6 is 11.3 Å². The molecule has 130 valence electrons. The molecular weight excluding hydrogens is 340 g/mol. The average Bonchev–Trinajstić information content (AvgIpc) is 3.32. The van der Waals surface area contributed by atoms with Crippen molar-refractivity contribution in [1.82, 2.24) is 4.98 Å². The van der Waals surface area contributed by atoms with Gasteiger partial charge in [0.2, 0.25) is 5.78 Å². The predicted octanol–water partition coefficient (Wildman–Crippen LogP) is 3.87. The molecule has 0 bridgehead atoms. The van der Waals surface area contributed by atoms with Crippen LogP contribution in [0.3, 0.4) is 0 Å². The number of hydrogen-bond acceptors (Lipinski definition) is 2. The molecule has 0 aliphatic heterocycles. The maximum absolute atomic E-state index is 13.6. The summed E-state index contributed by atoms with van der Waals surface area (Å²) in [5, 5.41) is 5.23. The van der Waals surface area contributed by atoms with Crippen LogP contribution in [0.1, 0.15) is 27.5 Å². The summed E-state index contributed by atoms with van der Waals surface area (Å²) >= 11 is 1.69. The molecule has 0 radical (unpaired) electrons. The number of rotatable bonds is 6. The van der Waals surface area contributed by atoms with Gasteiger partial charge in [0.1, 0.15) is 6.54 Å². The highest BCUT2D eigenvalue weighted by molar-refractivity contribution is 7.07. The molecule has 0 aliphatic rings. The van der Waals surface area contributed by atoms with Gasteiger partial charge in [-0.15, -0.1) is 0 Å². The number of likely N-dealkylation sites (N-methyl/N-ethyl adjacent to an activating group) is 1. The summed E-state index contributed by atoms with van der Waals surface area (Å²) < 4.78 is 0. The van der Waals surface area contributed by atoms with Gasteiger partial charge in [-0.1, -0.05) is 48.5 Å². The number of carbonyl (C=O) groups excluding carboxylic acids is 1. The molecule has 2 aromatic heterocycles. The molecule has 2 atom stereocenters. The SMILES string of the molecule is C[NH+](Cc1ccsc1)[C@H](C(=O)c1c[nH]c2ccccc12)c1ccccc1. The first-order valence-electron chi connectivity index (χ1n) is 8.72. The third-order valence-electron chi connectivity index (χ3n) is 4.81. The summed E-state index contributed by atoms with van der Waals surface area (Å²) in [4.78, 5) is 18.0. The lowest BCUT2D eigenvalue weighted by molar-refractivity contribution is -0.915. The lowest BCUT2D eigenvalue weighted by Crippen LogP contribution is -3.08. The molecule has 4 rings (SSSR count). The van der Waals surface area contributed by atoms with Crippen LogP contribution in [0.4, 0.5) is 0 Å². The molecule has 26 heavy (non-hydrogen) atoms. The fourth-order valence-corrected chi connectivity index (χ4v) is 4.22. The molecule has 0 spiro atoms. The number of quaternary nitrogens is 1. The highest BCUT2D eigenvalue weighted by Gasteiger charge is 2.31. The van der Waals surface area contributed by atoms with Crippen molar-refractivity contribution in [2.45, 2.75) is 12.6 Å². The number of fused-ring (bicyclic) bond motifs is 1. The number of ketones is 1. The highest BCUT2D eigenvalue weighted by atomic mass is 32.1. The van der Waals surface area contributed by atoms with E-state index in [0.717, 1.165) is 28.6 Å². The number of para-hydroxylation sites is 1. The van der Waals surface area contributed by atoms with E-state index in [1.54, 1.807) is 11.3 Å². The Kier molecular flexibility index (Phi) is 4.69. The molecule has 2 heterocycles. The summed E-state index contributed by atoms with van der Waals surface area (Å²) in [7, 11) is 2.10. The molecular formula is C22H21N2OS+. The van der Waals surface area contributed by atoms with E-state index in [1.165, 1.54) is 10.5 Å². The number of H-pyrrole nitrogens is 1. The van der Waals surface area contributed by atoms with E-state index in [0.29, 0.717) is 0 Å². The van der Waals surface area contributed by atoms with Crippen LogP contribution < -0.4 is 4.90 Å². The molecule has 0 fully saturated rings. The number of thiophene rings is 1. The lowest BCUT2D eigenvalue weighted by atomic mass is 9.95. The Morgan fingerprint density at radius 1 is 1.08 bits per heavy atom. The van der Waals surface area contributed by atoms with E-state index < -0.39 is 0 Å². The van der Waals surface area contributed by atoms with Gasteiger partial charge >= 0.3 is 0 Å². The van der Waals surface area contributed by atoms with Gasteiger partial charge in [-0.2, -0.15) is 11.3 Å². The summed E-state index contributed by atoms with van der Waals surface area (Å²) in [5.74, 6) is 0.154. The van der Waals surface area contributed by atoms with Crippen LogP contribution in [-0.4, -0.2) is 17.8 Å². The maximum atomic E-state index is 13.6. The molecule has 1 unspecified atom stereocenters. The van der Waals surface area contributed by atoms with Crippen LogP contribution in [0, 0.1) is 0 Å². The van der Waals surface area contributed by atoms with Crippen LogP contribution in [0.2, 0.25) is 0 Å². The van der Waals surface area contributed by atoms with E-state index in [1.807, 2.05) is 48.7 Å². The fourth-order valence-electron chi connectivity index (χ4n) is 3.55. The van der Waals surface area contributed by atoms with E-state index in [9.17, 15) is 4.79 Å². The average molecular weight is 361 g/mol. The number of aromatic amines is 1. The number of carbonyl (C=O) groups is 1. The van der Waals surface area contributed by atoms with E-state index in [-0.39, 0.29) is 11.8 Å². The Morgan fingerprint density at radius 3 is 2.62 bits per heavy atom. The van der Waals surface area contributed by atoms with Gasteiger partial charge in [0.05, 0.1) is 7.05 Å². The maximum Gasteiger partial charge on any atom is 0.226 e. The molecule has 3 nitrogen and oxygen atoms in total. The first kappa shape index (κ1) is 16.8. The van der Waals surface area contributed by atoms with Gasteiger partial charge in [0.15, 0.2) is 6.04 Å². The molecule has 2 N–H and O–H groups in total. The largest absolute Gasteiger partial charge is 0.360 e. The van der Waals surface area contributed by atoms with Gasteiger partial charge in [0, 0.05) is 33.8 Å². The molecule has 0 aliphatic carbocycles. The van der Waals surface area contributed by atoms with Gasteiger partial charge in [0.25, 0.3) is 0 Å². The molecule has 0 saturated heterocycles. The van der Waals surface area contributed by atoms with Gasteiger partial charge in [-0.05, 0) is 22.9 Å². The van der Waals surface area contributed by atoms with Crippen LogP contribution in [-0.2, 0) is 6.54 Å². The standard InChI is InChI=1S/C22H20N2OS/c1-24(14-16-11-12-26-15-16)21(17-7-3-2-4-8-17)22(25)19-13-23-20-10-6-5-9-18(19)20/h2-13,15,21,23H,14H2,1H3/p+1/t21-/m0/s1. The summed E-state index contributed by atoms with van der Waals surface area (Å²) in [6.45, 7) is 0.817. The topological polar surface area (TPSA) is 37.3 Å². The Hall–Kier alpha value is -2.69. The number of hydrogen-bond donors (Lipinski definition) is 2. The van der Waals surface area contributed by atoms with Crippen molar-refractivity contribution < 1.29 is 9.69 Å². The second-order valence-corrected chi connectivity index (χ2v) is 7.39. The number of aromatic nitrogens is 1. The number of benzene rings is 2. The molecule has 4 aromatic rings. The Labute approximate surface area is 156 Å². The van der Waals surface area contributed by atoms with Crippen molar-refractivity contribution in [2.24, 2.45) is 0 Å². The minimum Gasteiger partial charge on any atom is -0.360 e. The van der Waals surface area contributed by atoms with Crippen LogP contribution in [0.5, 0.6) is 0 Å². The van der Waals surface area contributed by atoms with Gasteiger partial charge in [-0.25, -0.2) is 0 Å². The molecule has 4 heteroatoms. The predicted molar refractivity (Wildman–Crippen MR) is 107 cm³/mol. The zero-order valence-corrected chi connectivity index (χ0v) is 15.4. The minimum atomic E-state index is -0.240. The summed E-state index contributed by atoms with van der Waals surface area (Å²) in [6.07, 6.45) is 1.85. The molecule has 0 amide bonds. The fraction of sp³-hybridized carbons (Fsp3) is 0.136. The normalized spacial score (nSPS) is 13.6. The highest BCUT2D eigenvalue weighted by Crippen LogP contribution is 2.23. The van der Waals surface area contributed by atoms with E-state index >= 15 is 0 Å². The van der Waals surface area contributed by atoms with E-state index in [2.05, 4.69) is 41.0 Å². The van der Waals surface area contributed by atoms with Crippen molar-refractivity contribution in [3.05, 3.63) is 94.3 Å². The quantitative estimate of drug-likeness (QED) is 0.503. The summed E-state index contributed by atoms with van der Waals surface area (Å²) in [5.41, 5.74) is 4.08. The Bertz CT molecular complexity index is 1010. The van der Waals surface area contributed by atoms with Crippen molar-refractivity contribution >= 4 is 28.0 Å². The third kappa shape index (κ3) is 3.21. The monoisotopic (exact) mass is 361 g/mol. The molecule has 0 saturated carbocycles. The Balaban J connectivity index is 1.73. The number of Topliss-reactive ketones (excluding diaryl/α,β-unsaturated/α-hetero) is 1. The first-order valence-corrected chi connectivity index (χ1v) is 9.67. The van der Waals surface area contributed by atoms with Gasteiger partial charge < -0.3 is 9.88 Å². The van der Waals surface area contributed by atoms with Crippen molar-refractivity contribution in [1.29, 1.82) is 0 Å². The number of nitrogens with one attached hydrogen (secondary N) is 2. The van der Waals surface area contributed by atoms with Crippen molar-refractivity contribution in [2.75, 3.05) is 7.05 Å². The first-order chi connectivity index (χ1) is 12.7. The smallest absolute Gasteiger partial charge is 0.226 e. The minimum absolute atomic E-state index is 0.154. The van der Waals surface area contributed by atoms with E-state index in [4.69, 9.17) is 0 Å². The Morgan fingerprint density at radius 2 is 1.85 bits per heavy atom. The lowest BCUT2D eigenvalue weighted by Gasteiger charge is -2.24. The summed E-state index contributed by atoms with van der Waals surface area (Å²) in [6, 6.07) is 20.0. The van der Waals surface area contributed by atoms with Gasteiger partial charge in [-0.3, -0.25) is 4.79 Å². The van der Waals surface area contributed by atoms with Crippen LogP contribution in [0.15, 0.2) is 77.6 Å². The molecule has 2 aromatic carbocycles. The second kappa shape index (κ2) is 7.28. The van der Waals surface area contributed by atoms with Crippen molar-refractivity contribution in [3.63, 3.8) is 0 Å². The second-order valence-electron chi connectivity index (χ2n) is 6.61. The zero-order valence-electron chi connectivity index (χ0n) is 14.6. The zero-order chi connectivity index (χ0) is 17.9. The van der Waals surface area contributed by atoms with Crippen molar-refractivity contribution in [3.8, 4) is 0 Å². The van der Waals surface area contributed by atoms with Crippen LogP contribution in [0.25, 0.3) is 10.9 Å².